The van der Waals surface area contributed by atoms with E-state index in [2.05, 4.69) is 11.9 Å². The van der Waals surface area contributed by atoms with Crippen LogP contribution in [0.5, 0.6) is 0 Å². The van der Waals surface area contributed by atoms with Crippen LogP contribution in [0.25, 0.3) is 0 Å². The Morgan fingerprint density at radius 2 is 2.36 bits per heavy atom. The predicted molar refractivity (Wildman–Crippen MR) is 52.8 cm³/mol. The second-order valence-corrected chi connectivity index (χ2v) is 4.08. The van der Waals surface area contributed by atoms with Gasteiger partial charge < -0.3 is 15.0 Å². The molecule has 0 bridgehead atoms. The summed E-state index contributed by atoms with van der Waals surface area (Å²) in [6, 6.07) is 0.479. The number of allylic oxidation sites excluding steroid dienone is 1. The summed E-state index contributed by atoms with van der Waals surface area (Å²) >= 11 is 0. The van der Waals surface area contributed by atoms with Gasteiger partial charge in [0.15, 0.2) is 0 Å². The monoisotopic (exact) mass is 196 g/mol. The van der Waals surface area contributed by atoms with Crippen molar-refractivity contribution in [2.75, 3.05) is 19.6 Å². The minimum Gasteiger partial charge on any atom is -0.416 e. The quantitative estimate of drug-likeness (QED) is 0.635. The molecule has 0 unspecified atom stereocenters. The van der Waals surface area contributed by atoms with Crippen LogP contribution in [0.3, 0.4) is 0 Å². The lowest BCUT2D eigenvalue weighted by molar-refractivity contribution is 0.136. The van der Waals surface area contributed by atoms with E-state index in [1.54, 1.807) is 11.8 Å². The number of likely N-dealkylation sites (tertiary alicyclic amines) is 1. The average molecular weight is 196 g/mol. The molecule has 0 spiro atoms. The molecule has 14 heavy (non-hydrogen) atoms. The molecule has 78 valence electrons. The van der Waals surface area contributed by atoms with Gasteiger partial charge in [0.25, 0.3) is 0 Å². The van der Waals surface area contributed by atoms with E-state index in [-0.39, 0.29) is 6.09 Å². The van der Waals surface area contributed by atoms with Crippen LogP contribution in [0.4, 0.5) is 4.79 Å². The molecule has 4 nitrogen and oxygen atoms in total. The van der Waals surface area contributed by atoms with Crippen molar-refractivity contribution in [1.29, 1.82) is 0 Å². The maximum Gasteiger partial charge on any atom is 0.414 e. The van der Waals surface area contributed by atoms with Gasteiger partial charge in [-0.1, -0.05) is 6.58 Å². The van der Waals surface area contributed by atoms with Crippen molar-refractivity contribution in [3.8, 4) is 0 Å². The zero-order chi connectivity index (χ0) is 10.1. The normalized spacial score (nSPS) is 30.2. The zero-order valence-corrected chi connectivity index (χ0v) is 8.45. The second kappa shape index (κ2) is 3.61. The van der Waals surface area contributed by atoms with Gasteiger partial charge in [-0.05, 0) is 25.8 Å². The highest BCUT2D eigenvalue weighted by atomic mass is 16.6. The maximum absolute atomic E-state index is 11.5. The zero-order valence-electron chi connectivity index (χ0n) is 8.45. The van der Waals surface area contributed by atoms with Gasteiger partial charge in [0.2, 0.25) is 0 Å². The molecule has 0 aromatic heterocycles. The van der Waals surface area contributed by atoms with E-state index < -0.39 is 0 Å². The van der Waals surface area contributed by atoms with Crippen molar-refractivity contribution < 1.29 is 9.53 Å². The van der Waals surface area contributed by atoms with Crippen LogP contribution >= 0.6 is 0 Å². The number of fused-ring (bicyclic) bond motifs is 1. The Morgan fingerprint density at radius 1 is 1.57 bits per heavy atom. The number of rotatable bonds is 1. The number of nitrogens with one attached hydrogen (secondary N) is 1. The summed E-state index contributed by atoms with van der Waals surface area (Å²) in [6.45, 7) is 7.92. The summed E-state index contributed by atoms with van der Waals surface area (Å²) in [4.78, 5) is 13.3. The van der Waals surface area contributed by atoms with Crippen LogP contribution in [-0.4, -0.2) is 36.7 Å². The van der Waals surface area contributed by atoms with Gasteiger partial charge in [0, 0.05) is 19.1 Å². The Kier molecular flexibility index (Phi) is 2.46. The molecular formula is C10H16N2O2. The van der Waals surface area contributed by atoms with Crippen LogP contribution in [0.2, 0.25) is 0 Å². The second-order valence-electron chi connectivity index (χ2n) is 4.08. The lowest BCUT2D eigenvalue weighted by atomic mass is 10.1. The first-order valence-corrected chi connectivity index (χ1v) is 5.02. The molecule has 0 aromatic carbocycles. The highest BCUT2D eigenvalue weighted by Crippen LogP contribution is 2.25. The van der Waals surface area contributed by atoms with Crippen LogP contribution in [0.15, 0.2) is 12.3 Å². The first-order valence-electron chi connectivity index (χ1n) is 5.02. The number of carbonyl (C=O) groups excluding carboxylic acids is 1. The van der Waals surface area contributed by atoms with Gasteiger partial charge in [-0.15, -0.1) is 0 Å². The Balaban J connectivity index is 1.89. The SMILES string of the molecule is C=C(C)OC(=O)N1C[C@@H]2CCN[C@@H]2C1. The third-order valence-electron chi connectivity index (χ3n) is 2.88. The Hall–Kier alpha value is -1.03. The fourth-order valence-electron chi connectivity index (χ4n) is 2.21. The number of amides is 1. The summed E-state index contributed by atoms with van der Waals surface area (Å²) in [6.07, 6.45) is 0.912. The first-order chi connectivity index (χ1) is 6.66. The smallest absolute Gasteiger partial charge is 0.414 e. The molecule has 1 amide bonds. The van der Waals surface area contributed by atoms with Gasteiger partial charge in [-0.3, -0.25) is 0 Å². The number of carbonyl (C=O) groups is 1. The van der Waals surface area contributed by atoms with Crippen molar-refractivity contribution in [3.63, 3.8) is 0 Å². The summed E-state index contributed by atoms with van der Waals surface area (Å²) in [5, 5.41) is 3.38. The van der Waals surface area contributed by atoms with Crippen molar-refractivity contribution in [2.45, 2.75) is 19.4 Å². The fraction of sp³-hybridized carbons (Fsp3) is 0.700. The summed E-state index contributed by atoms with van der Waals surface area (Å²) in [5.41, 5.74) is 0. The van der Waals surface area contributed by atoms with Crippen LogP contribution in [0.1, 0.15) is 13.3 Å². The van der Waals surface area contributed by atoms with Crippen LogP contribution in [0, 0.1) is 5.92 Å². The topological polar surface area (TPSA) is 41.6 Å². The van der Waals surface area contributed by atoms with E-state index in [0.29, 0.717) is 17.7 Å². The van der Waals surface area contributed by atoms with E-state index in [0.717, 1.165) is 19.6 Å². The molecule has 0 radical (unpaired) electrons. The molecule has 2 heterocycles. The van der Waals surface area contributed by atoms with Crippen molar-refractivity contribution >= 4 is 6.09 Å². The molecule has 0 aromatic rings. The molecule has 2 atom stereocenters. The molecule has 4 heteroatoms. The third-order valence-corrected chi connectivity index (χ3v) is 2.88. The number of hydrogen-bond donors (Lipinski definition) is 1. The van der Waals surface area contributed by atoms with E-state index in [1.165, 1.54) is 6.42 Å². The first kappa shape index (κ1) is 9.52. The highest BCUT2D eigenvalue weighted by molar-refractivity contribution is 5.69. The van der Waals surface area contributed by atoms with Gasteiger partial charge in [-0.25, -0.2) is 4.79 Å². The minimum absolute atomic E-state index is 0.256. The maximum atomic E-state index is 11.5. The standard InChI is InChI=1S/C10H16N2O2/c1-7(2)14-10(13)12-5-8-3-4-11-9(8)6-12/h8-9,11H,1,3-6H2,2H3/t8-,9+/m0/s1. The van der Waals surface area contributed by atoms with Gasteiger partial charge in [0.05, 0.1) is 5.76 Å². The van der Waals surface area contributed by atoms with E-state index in [9.17, 15) is 4.79 Å². The van der Waals surface area contributed by atoms with Crippen molar-refractivity contribution in [1.82, 2.24) is 10.2 Å². The molecule has 2 saturated heterocycles. The largest absolute Gasteiger partial charge is 0.416 e. The molecule has 1 N–H and O–H groups in total. The molecule has 0 saturated carbocycles. The molecule has 2 aliphatic heterocycles. The number of nitrogens with zero attached hydrogens (tertiary/aromatic N) is 1. The Morgan fingerprint density at radius 3 is 3.00 bits per heavy atom. The van der Waals surface area contributed by atoms with Gasteiger partial charge in [0.1, 0.15) is 0 Å². The fourth-order valence-corrected chi connectivity index (χ4v) is 2.21. The van der Waals surface area contributed by atoms with Gasteiger partial charge >= 0.3 is 6.09 Å². The summed E-state index contributed by atoms with van der Waals surface area (Å²) in [7, 11) is 0. The van der Waals surface area contributed by atoms with Crippen molar-refractivity contribution in [2.24, 2.45) is 5.92 Å². The predicted octanol–water partition coefficient (Wildman–Crippen LogP) is 0.950. The molecule has 2 rings (SSSR count). The third kappa shape index (κ3) is 1.75. The van der Waals surface area contributed by atoms with Crippen molar-refractivity contribution in [3.05, 3.63) is 12.3 Å². The molecule has 0 aliphatic carbocycles. The molecular weight excluding hydrogens is 180 g/mol. The van der Waals surface area contributed by atoms with E-state index in [1.807, 2.05) is 0 Å². The Bertz CT molecular complexity index is 253. The molecule has 2 aliphatic rings. The van der Waals surface area contributed by atoms with E-state index >= 15 is 0 Å². The molecule has 2 fully saturated rings. The number of hydrogen-bond acceptors (Lipinski definition) is 3. The van der Waals surface area contributed by atoms with Crippen LogP contribution < -0.4 is 5.32 Å². The minimum atomic E-state index is -0.256. The Labute approximate surface area is 83.9 Å². The lowest BCUT2D eigenvalue weighted by Gasteiger charge is -2.16. The average Bonchev–Trinajstić information content (AvgIpc) is 2.58. The lowest BCUT2D eigenvalue weighted by Crippen LogP contribution is -2.34. The van der Waals surface area contributed by atoms with Gasteiger partial charge in [-0.2, -0.15) is 0 Å². The van der Waals surface area contributed by atoms with Crippen LogP contribution in [-0.2, 0) is 4.74 Å². The number of ether oxygens (including phenoxy) is 1. The summed E-state index contributed by atoms with van der Waals surface area (Å²) < 4.78 is 4.96. The summed E-state index contributed by atoms with van der Waals surface area (Å²) in [5.74, 6) is 1.08. The van der Waals surface area contributed by atoms with E-state index in [4.69, 9.17) is 4.74 Å². The highest BCUT2D eigenvalue weighted by Gasteiger charge is 2.38.